The third kappa shape index (κ3) is 4.78. The van der Waals surface area contributed by atoms with Crippen LogP contribution in [0.2, 0.25) is 0 Å². The highest BCUT2D eigenvalue weighted by Crippen LogP contribution is 2.13. The van der Waals surface area contributed by atoms with Gasteiger partial charge < -0.3 is 10.2 Å². The van der Waals surface area contributed by atoms with Crippen LogP contribution in [0.5, 0.6) is 0 Å². The second kappa shape index (κ2) is 7.36. The first-order chi connectivity index (χ1) is 8.41. The molecule has 0 aromatic rings. The zero-order valence-corrected chi connectivity index (χ0v) is 12.0. The van der Waals surface area contributed by atoms with Crippen molar-refractivity contribution in [3.05, 3.63) is 0 Å². The number of hydrogen-bond acceptors (Lipinski definition) is 3. The SMILES string of the molecule is CC(C)C(CNC(C)C(F)F)N1CCN(C)CC1. The molecule has 0 aromatic heterocycles. The first kappa shape index (κ1) is 15.8. The van der Waals surface area contributed by atoms with Crippen molar-refractivity contribution in [1.29, 1.82) is 0 Å². The van der Waals surface area contributed by atoms with Gasteiger partial charge in [-0.25, -0.2) is 8.78 Å². The molecule has 0 saturated carbocycles. The molecule has 1 rings (SSSR count). The first-order valence-corrected chi connectivity index (χ1v) is 6.86. The Morgan fingerprint density at radius 2 is 1.61 bits per heavy atom. The van der Waals surface area contributed by atoms with Crippen molar-refractivity contribution in [3.63, 3.8) is 0 Å². The minimum Gasteiger partial charge on any atom is -0.308 e. The second-order valence-corrected chi connectivity index (χ2v) is 5.68. The molecule has 2 atom stereocenters. The molecule has 0 aliphatic carbocycles. The van der Waals surface area contributed by atoms with E-state index < -0.39 is 12.5 Å². The fourth-order valence-electron chi connectivity index (χ4n) is 2.34. The average Bonchev–Trinajstić information content (AvgIpc) is 2.30. The molecule has 2 unspecified atom stereocenters. The summed E-state index contributed by atoms with van der Waals surface area (Å²) in [5, 5.41) is 2.97. The molecule has 0 amide bonds. The smallest absolute Gasteiger partial charge is 0.253 e. The van der Waals surface area contributed by atoms with Crippen molar-refractivity contribution in [3.8, 4) is 0 Å². The van der Waals surface area contributed by atoms with Crippen molar-refractivity contribution in [1.82, 2.24) is 15.1 Å². The van der Waals surface area contributed by atoms with E-state index in [2.05, 4.69) is 36.0 Å². The number of nitrogens with one attached hydrogen (secondary N) is 1. The minimum atomic E-state index is -2.29. The quantitative estimate of drug-likeness (QED) is 0.783. The van der Waals surface area contributed by atoms with Crippen LogP contribution in [0.1, 0.15) is 20.8 Å². The lowest BCUT2D eigenvalue weighted by molar-refractivity contribution is 0.0707. The van der Waals surface area contributed by atoms with E-state index in [-0.39, 0.29) is 0 Å². The number of hydrogen-bond donors (Lipinski definition) is 1. The first-order valence-electron chi connectivity index (χ1n) is 6.86. The Hall–Kier alpha value is -0.260. The molecular weight excluding hydrogens is 236 g/mol. The Morgan fingerprint density at radius 1 is 1.06 bits per heavy atom. The molecule has 1 saturated heterocycles. The topological polar surface area (TPSA) is 18.5 Å². The molecule has 0 aromatic carbocycles. The summed E-state index contributed by atoms with van der Waals surface area (Å²) < 4.78 is 25.0. The van der Waals surface area contributed by atoms with E-state index in [1.54, 1.807) is 6.92 Å². The molecule has 0 spiro atoms. The second-order valence-electron chi connectivity index (χ2n) is 5.68. The molecule has 108 valence electrons. The van der Waals surface area contributed by atoms with Crippen LogP contribution < -0.4 is 5.32 Å². The van der Waals surface area contributed by atoms with E-state index in [0.717, 1.165) is 26.2 Å². The van der Waals surface area contributed by atoms with Crippen LogP contribution >= 0.6 is 0 Å². The molecule has 1 fully saturated rings. The fraction of sp³-hybridized carbons (Fsp3) is 1.00. The Balaban J connectivity index is 2.44. The third-order valence-corrected chi connectivity index (χ3v) is 3.80. The van der Waals surface area contributed by atoms with Gasteiger partial charge in [0.2, 0.25) is 0 Å². The number of likely N-dealkylation sites (N-methyl/N-ethyl adjacent to an activating group) is 1. The van der Waals surface area contributed by atoms with Gasteiger partial charge in [-0.3, -0.25) is 4.90 Å². The molecule has 1 N–H and O–H groups in total. The number of alkyl halides is 2. The highest BCUT2D eigenvalue weighted by atomic mass is 19.3. The Labute approximate surface area is 110 Å². The largest absolute Gasteiger partial charge is 0.308 e. The van der Waals surface area contributed by atoms with Gasteiger partial charge in [0.25, 0.3) is 6.43 Å². The summed E-state index contributed by atoms with van der Waals surface area (Å²) >= 11 is 0. The maximum atomic E-state index is 12.5. The molecule has 0 radical (unpaired) electrons. The lowest BCUT2D eigenvalue weighted by atomic mass is 10.0. The standard InChI is InChI=1S/C13H27F2N3/c1-10(2)12(9-16-11(3)13(14)15)18-7-5-17(4)6-8-18/h10-13,16H,5-9H2,1-4H3. The minimum absolute atomic E-state index is 0.347. The van der Waals surface area contributed by atoms with Gasteiger partial charge in [0.05, 0.1) is 6.04 Å². The van der Waals surface area contributed by atoms with Gasteiger partial charge >= 0.3 is 0 Å². The summed E-state index contributed by atoms with van der Waals surface area (Å²) in [6, 6.07) is -0.376. The molecule has 1 aliphatic rings. The van der Waals surface area contributed by atoms with Crippen LogP contribution in [0.4, 0.5) is 8.78 Å². The van der Waals surface area contributed by atoms with Crippen LogP contribution in [0.25, 0.3) is 0 Å². The van der Waals surface area contributed by atoms with Gasteiger partial charge in [0.1, 0.15) is 0 Å². The van der Waals surface area contributed by atoms with Crippen LogP contribution in [0.15, 0.2) is 0 Å². The van der Waals surface area contributed by atoms with Gasteiger partial charge in [-0.2, -0.15) is 0 Å². The molecule has 3 nitrogen and oxygen atoms in total. The maximum Gasteiger partial charge on any atom is 0.253 e. The average molecular weight is 263 g/mol. The molecule has 18 heavy (non-hydrogen) atoms. The summed E-state index contributed by atoms with van der Waals surface area (Å²) in [4.78, 5) is 4.74. The Morgan fingerprint density at radius 3 is 2.06 bits per heavy atom. The summed E-state index contributed by atoms with van der Waals surface area (Å²) in [5.41, 5.74) is 0. The van der Waals surface area contributed by atoms with Crippen molar-refractivity contribution < 1.29 is 8.78 Å². The van der Waals surface area contributed by atoms with Crippen molar-refractivity contribution in [2.45, 2.75) is 39.3 Å². The van der Waals surface area contributed by atoms with E-state index in [1.807, 2.05) is 0 Å². The predicted molar refractivity (Wildman–Crippen MR) is 71.2 cm³/mol. The van der Waals surface area contributed by atoms with E-state index >= 15 is 0 Å². The summed E-state index contributed by atoms with van der Waals surface area (Å²) in [5.74, 6) is 0.478. The molecule has 0 bridgehead atoms. The highest BCUT2D eigenvalue weighted by molar-refractivity contribution is 4.82. The molecule has 1 aliphatic heterocycles. The van der Waals surface area contributed by atoms with Gasteiger partial charge in [-0.05, 0) is 19.9 Å². The van der Waals surface area contributed by atoms with Gasteiger partial charge in [-0.1, -0.05) is 13.8 Å². The predicted octanol–water partition coefficient (Wildman–Crippen LogP) is 1.50. The molecule has 1 heterocycles. The summed E-state index contributed by atoms with van der Waals surface area (Å²) in [6.45, 7) is 10.7. The number of nitrogens with zero attached hydrogens (tertiary/aromatic N) is 2. The van der Waals surface area contributed by atoms with Crippen LogP contribution in [-0.4, -0.2) is 68.1 Å². The van der Waals surface area contributed by atoms with Crippen LogP contribution in [-0.2, 0) is 0 Å². The zero-order valence-electron chi connectivity index (χ0n) is 12.0. The normalized spacial score (nSPS) is 22.7. The van der Waals surface area contributed by atoms with Gasteiger partial charge in [0, 0.05) is 38.8 Å². The highest BCUT2D eigenvalue weighted by Gasteiger charge is 2.26. The summed E-state index contributed by atoms with van der Waals surface area (Å²) in [7, 11) is 2.12. The number of piperazine rings is 1. The van der Waals surface area contributed by atoms with E-state index in [9.17, 15) is 8.78 Å². The monoisotopic (exact) mass is 263 g/mol. The van der Waals surface area contributed by atoms with Gasteiger partial charge in [-0.15, -0.1) is 0 Å². The van der Waals surface area contributed by atoms with Gasteiger partial charge in [0.15, 0.2) is 0 Å². The van der Waals surface area contributed by atoms with Crippen LogP contribution in [0, 0.1) is 5.92 Å². The number of halogens is 2. The summed E-state index contributed by atoms with van der Waals surface area (Å²) in [6.07, 6.45) is -2.29. The van der Waals surface area contributed by atoms with Crippen LogP contribution in [0.3, 0.4) is 0 Å². The third-order valence-electron chi connectivity index (χ3n) is 3.80. The van der Waals surface area contributed by atoms with E-state index in [4.69, 9.17) is 0 Å². The molecule has 5 heteroatoms. The molecular formula is C13H27F2N3. The van der Waals surface area contributed by atoms with Crippen molar-refractivity contribution in [2.24, 2.45) is 5.92 Å². The maximum absolute atomic E-state index is 12.5. The Kier molecular flexibility index (Phi) is 6.46. The zero-order chi connectivity index (χ0) is 13.7. The van der Waals surface area contributed by atoms with E-state index in [1.165, 1.54) is 0 Å². The lowest BCUT2D eigenvalue weighted by Gasteiger charge is -2.40. The lowest BCUT2D eigenvalue weighted by Crippen LogP contribution is -2.54. The van der Waals surface area contributed by atoms with Crippen molar-refractivity contribution >= 4 is 0 Å². The fourth-order valence-corrected chi connectivity index (χ4v) is 2.34. The number of rotatable bonds is 6. The van der Waals surface area contributed by atoms with Crippen molar-refractivity contribution in [2.75, 3.05) is 39.8 Å². The van der Waals surface area contributed by atoms with E-state index in [0.29, 0.717) is 18.5 Å². The Bertz CT molecular complexity index is 228.